The second-order valence-corrected chi connectivity index (χ2v) is 6.30. The zero-order valence-electron chi connectivity index (χ0n) is 14.9. The van der Waals surface area contributed by atoms with Crippen LogP contribution in [0.5, 0.6) is 0 Å². The zero-order valence-corrected chi connectivity index (χ0v) is 14.9. The van der Waals surface area contributed by atoms with Gasteiger partial charge in [-0.15, -0.1) is 0 Å². The minimum Gasteiger partial charge on any atom is -0.481 e. The van der Waals surface area contributed by atoms with Gasteiger partial charge in [0.1, 0.15) is 17.4 Å². The molecule has 0 radical (unpaired) electrons. The molecule has 0 saturated carbocycles. The second kappa shape index (κ2) is 7.47. The summed E-state index contributed by atoms with van der Waals surface area (Å²) in [6.45, 7) is 1.32. The summed E-state index contributed by atoms with van der Waals surface area (Å²) in [5, 5.41) is 21.6. The number of carbonyl (C=O) groups is 4. The van der Waals surface area contributed by atoms with E-state index in [2.05, 4.69) is 15.3 Å². The first-order valence-corrected chi connectivity index (χ1v) is 8.45. The summed E-state index contributed by atoms with van der Waals surface area (Å²) in [5.41, 5.74) is 1.20. The molecule has 0 saturated heterocycles. The molecule has 1 amide bonds. The standard InChI is InChI=1S/C19H17N3O6/c1-9(23)16-17-11(10-4-2-3-5-12(10)20-17)8-14(21-16)18(26)22-13(19(27)28)6-7-15(24)25/h2-5,8,13,20H,6-7H2,1H3,(H,22,26)(H,24,25)(H,27,28)/t13-/m0/s1. The second-order valence-electron chi connectivity index (χ2n) is 6.30. The molecule has 0 spiro atoms. The Balaban J connectivity index is 2.03. The summed E-state index contributed by atoms with van der Waals surface area (Å²) < 4.78 is 0. The average Bonchev–Trinajstić information content (AvgIpc) is 3.02. The maximum Gasteiger partial charge on any atom is 0.326 e. The molecule has 3 rings (SSSR count). The fourth-order valence-corrected chi connectivity index (χ4v) is 2.97. The van der Waals surface area contributed by atoms with E-state index in [0.717, 1.165) is 10.9 Å². The Bertz CT molecular complexity index is 1120. The highest BCUT2D eigenvalue weighted by Crippen LogP contribution is 2.28. The Morgan fingerprint density at radius 1 is 1.14 bits per heavy atom. The van der Waals surface area contributed by atoms with Crippen LogP contribution in [0.2, 0.25) is 0 Å². The van der Waals surface area contributed by atoms with Crippen LogP contribution in [0.3, 0.4) is 0 Å². The maximum absolute atomic E-state index is 12.6. The van der Waals surface area contributed by atoms with Crippen molar-refractivity contribution in [3.8, 4) is 0 Å². The predicted molar refractivity (Wildman–Crippen MR) is 99.4 cm³/mol. The number of hydrogen-bond acceptors (Lipinski definition) is 5. The average molecular weight is 383 g/mol. The van der Waals surface area contributed by atoms with Crippen LogP contribution in [-0.4, -0.2) is 49.9 Å². The smallest absolute Gasteiger partial charge is 0.326 e. The quantitative estimate of drug-likeness (QED) is 0.456. The van der Waals surface area contributed by atoms with Crippen LogP contribution in [0, 0.1) is 0 Å². The van der Waals surface area contributed by atoms with Gasteiger partial charge in [0.05, 0.1) is 5.52 Å². The van der Waals surface area contributed by atoms with Crippen LogP contribution < -0.4 is 5.32 Å². The predicted octanol–water partition coefficient (Wildman–Crippen LogP) is 1.97. The normalized spacial score (nSPS) is 12.0. The molecule has 2 heterocycles. The van der Waals surface area contributed by atoms with E-state index in [0.29, 0.717) is 10.9 Å². The van der Waals surface area contributed by atoms with E-state index in [4.69, 9.17) is 5.11 Å². The van der Waals surface area contributed by atoms with Gasteiger partial charge in [-0.1, -0.05) is 18.2 Å². The summed E-state index contributed by atoms with van der Waals surface area (Å²) in [7, 11) is 0. The molecule has 0 unspecified atom stereocenters. The Morgan fingerprint density at radius 2 is 1.86 bits per heavy atom. The first-order chi connectivity index (χ1) is 13.3. The number of carboxylic acids is 2. The molecule has 2 aromatic heterocycles. The number of carbonyl (C=O) groups excluding carboxylic acids is 2. The summed E-state index contributed by atoms with van der Waals surface area (Å²) in [4.78, 5) is 53.8. The summed E-state index contributed by atoms with van der Waals surface area (Å²) in [5.74, 6) is -3.67. The Labute approximate surface area is 158 Å². The van der Waals surface area contributed by atoms with Crippen LogP contribution >= 0.6 is 0 Å². The number of pyridine rings is 1. The molecule has 0 bridgehead atoms. The number of amides is 1. The number of H-pyrrole nitrogens is 1. The van der Waals surface area contributed by atoms with Crippen LogP contribution in [0.4, 0.5) is 0 Å². The molecule has 9 heteroatoms. The number of benzene rings is 1. The van der Waals surface area contributed by atoms with Gasteiger partial charge in [0.25, 0.3) is 5.91 Å². The van der Waals surface area contributed by atoms with Crippen LogP contribution in [0.15, 0.2) is 30.3 Å². The van der Waals surface area contributed by atoms with Crippen molar-refractivity contribution in [1.82, 2.24) is 15.3 Å². The molecule has 0 aliphatic carbocycles. The van der Waals surface area contributed by atoms with Crippen molar-refractivity contribution in [2.75, 3.05) is 0 Å². The fraction of sp³-hybridized carbons (Fsp3) is 0.211. The minimum atomic E-state index is -1.38. The number of aromatic nitrogens is 2. The largest absolute Gasteiger partial charge is 0.481 e. The van der Waals surface area contributed by atoms with E-state index in [-0.39, 0.29) is 23.6 Å². The lowest BCUT2D eigenvalue weighted by molar-refractivity contribution is -0.140. The number of ketones is 1. The number of carboxylic acid groups (broad SMARTS) is 2. The van der Waals surface area contributed by atoms with Crippen molar-refractivity contribution >= 4 is 45.4 Å². The van der Waals surface area contributed by atoms with Crippen molar-refractivity contribution in [2.24, 2.45) is 0 Å². The molecule has 0 fully saturated rings. The van der Waals surface area contributed by atoms with Gasteiger partial charge in [-0.05, 0) is 18.6 Å². The van der Waals surface area contributed by atoms with Gasteiger partial charge in [-0.25, -0.2) is 9.78 Å². The van der Waals surface area contributed by atoms with E-state index in [1.807, 2.05) is 24.3 Å². The Hall–Kier alpha value is -3.75. The first kappa shape index (κ1) is 19.0. The van der Waals surface area contributed by atoms with Crippen molar-refractivity contribution in [1.29, 1.82) is 0 Å². The molecule has 9 nitrogen and oxygen atoms in total. The molecular weight excluding hydrogens is 366 g/mol. The monoisotopic (exact) mass is 383 g/mol. The van der Waals surface area contributed by atoms with E-state index < -0.39 is 30.3 Å². The van der Waals surface area contributed by atoms with Crippen molar-refractivity contribution < 1.29 is 29.4 Å². The van der Waals surface area contributed by atoms with E-state index in [1.54, 1.807) is 0 Å². The number of rotatable bonds is 7. The molecule has 4 N–H and O–H groups in total. The third-order valence-corrected chi connectivity index (χ3v) is 4.31. The van der Waals surface area contributed by atoms with Crippen LogP contribution in [0.1, 0.15) is 40.7 Å². The van der Waals surface area contributed by atoms with E-state index in [1.165, 1.54) is 13.0 Å². The fourth-order valence-electron chi connectivity index (χ4n) is 2.97. The lowest BCUT2D eigenvalue weighted by Crippen LogP contribution is -2.41. The number of aliphatic carboxylic acids is 2. The highest BCUT2D eigenvalue weighted by atomic mass is 16.4. The van der Waals surface area contributed by atoms with Crippen molar-refractivity contribution in [2.45, 2.75) is 25.8 Å². The topological polar surface area (TPSA) is 149 Å². The van der Waals surface area contributed by atoms with E-state index in [9.17, 15) is 24.3 Å². The van der Waals surface area contributed by atoms with Gasteiger partial charge >= 0.3 is 11.9 Å². The van der Waals surface area contributed by atoms with Crippen molar-refractivity contribution in [3.05, 3.63) is 41.7 Å². The summed E-state index contributed by atoms with van der Waals surface area (Å²) >= 11 is 0. The Morgan fingerprint density at radius 3 is 2.50 bits per heavy atom. The molecule has 28 heavy (non-hydrogen) atoms. The Kier molecular flexibility index (Phi) is 5.08. The highest BCUT2D eigenvalue weighted by molar-refractivity contribution is 6.15. The molecular formula is C19H17N3O6. The van der Waals surface area contributed by atoms with Gasteiger partial charge in [0.2, 0.25) is 0 Å². The highest BCUT2D eigenvalue weighted by Gasteiger charge is 2.24. The third-order valence-electron chi connectivity index (χ3n) is 4.31. The first-order valence-electron chi connectivity index (χ1n) is 8.45. The molecule has 3 aromatic rings. The molecule has 0 aliphatic rings. The van der Waals surface area contributed by atoms with Crippen molar-refractivity contribution in [3.63, 3.8) is 0 Å². The maximum atomic E-state index is 12.6. The van der Waals surface area contributed by atoms with Gasteiger partial charge in [0, 0.05) is 29.6 Å². The number of aromatic amines is 1. The van der Waals surface area contributed by atoms with Gasteiger partial charge in [0.15, 0.2) is 5.78 Å². The lowest BCUT2D eigenvalue weighted by Gasteiger charge is -2.13. The minimum absolute atomic E-state index is 0.0660. The molecule has 1 atom stereocenters. The number of hydrogen-bond donors (Lipinski definition) is 4. The molecule has 1 aromatic carbocycles. The number of fused-ring (bicyclic) bond motifs is 3. The lowest BCUT2D eigenvalue weighted by atomic mass is 10.1. The molecule has 0 aliphatic heterocycles. The SMILES string of the molecule is CC(=O)c1nc(C(=O)N[C@@H](CCC(=O)O)C(=O)O)cc2c1[nH]c1ccccc12. The number of Topliss-reactive ketones (excluding diaryl/α,β-unsaturated/α-hetero) is 1. The molecule has 144 valence electrons. The van der Waals surface area contributed by atoms with Crippen LogP contribution in [0.25, 0.3) is 21.8 Å². The summed E-state index contributed by atoms with van der Waals surface area (Å²) in [6.07, 6.45) is -0.684. The zero-order chi connectivity index (χ0) is 20.4. The van der Waals surface area contributed by atoms with Gasteiger partial charge in [-0.3, -0.25) is 14.4 Å². The van der Waals surface area contributed by atoms with Gasteiger partial charge < -0.3 is 20.5 Å². The van der Waals surface area contributed by atoms with Crippen LogP contribution in [-0.2, 0) is 9.59 Å². The number of nitrogens with zero attached hydrogens (tertiary/aromatic N) is 1. The third kappa shape index (κ3) is 3.68. The van der Waals surface area contributed by atoms with Gasteiger partial charge in [-0.2, -0.15) is 0 Å². The summed E-state index contributed by atoms with van der Waals surface area (Å²) in [6, 6.07) is 7.39. The van der Waals surface area contributed by atoms with E-state index >= 15 is 0 Å². The number of nitrogens with one attached hydrogen (secondary N) is 2. The number of para-hydroxylation sites is 1.